The summed E-state index contributed by atoms with van der Waals surface area (Å²) in [4.78, 5) is 8.36. The first kappa shape index (κ1) is 21.2. The van der Waals surface area contributed by atoms with Crippen LogP contribution in [0.3, 0.4) is 0 Å². The summed E-state index contributed by atoms with van der Waals surface area (Å²) >= 11 is 0. The molecule has 0 atom stereocenters. The minimum absolute atomic E-state index is 0.175. The zero-order valence-corrected chi connectivity index (χ0v) is 13.9. The lowest BCUT2D eigenvalue weighted by molar-refractivity contribution is -0.742. The SMILES string of the molecule is CCCCCCCCCc1ccccc1OCC[O].O=[N+]([O-])O. The third-order valence-corrected chi connectivity index (χ3v) is 3.36. The molecule has 0 aliphatic rings. The highest BCUT2D eigenvalue weighted by Gasteiger charge is 2.02. The number of para-hydroxylation sites is 1. The van der Waals surface area contributed by atoms with Crippen LogP contribution < -0.4 is 4.74 Å². The molecule has 0 amide bonds. The summed E-state index contributed by atoms with van der Waals surface area (Å²) in [6.07, 6.45) is 10.3. The summed E-state index contributed by atoms with van der Waals surface area (Å²) in [6, 6.07) is 8.08. The normalized spacial score (nSPS) is 9.83. The molecule has 1 aromatic carbocycles. The average molecular weight is 326 g/mol. The van der Waals surface area contributed by atoms with Crippen LogP contribution in [0.2, 0.25) is 0 Å². The van der Waals surface area contributed by atoms with Crippen LogP contribution in [0.1, 0.15) is 57.4 Å². The van der Waals surface area contributed by atoms with E-state index >= 15 is 0 Å². The van der Waals surface area contributed by atoms with Crippen LogP contribution in [0.5, 0.6) is 5.75 Å². The van der Waals surface area contributed by atoms with E-state index < -0.39 is 5.09 Å². The van der Waals surface area contributed by atoms with Crippen molar-refractivity contribution in [2.24, 2.45) is 0 Å². The highest BCUT2D eigenvalue weighted by Crippen LogP contribution is 2.20. The van der Waals surface area contributed by atoms with Gasteiger partial charge in [0.15, 0.2) is 0 Å². The molecule has 0 aromatic heterocycles. The molecule has 1 rings (SSSR count). The van der Waals surface area contributed by atoms with Gasteiger partial charge in [-0.3, -0.25) is 0 Å². The van der Waals surface area contributed by atoms with Gasteiger partial charge >= 0.3 is 0 Å². The number of unbranched alkanes of at least 4 members (excludes halogenated alkanes) is 6. The molecule has 0 aliphatic carbocycles. The van der Waals surface area contributed by atoms with Crippen LogP contribution in [-0.4, -0.2) is 23.5 Å². The third kappa shape index (κ3) is 13.6. The summed E-state index contributed by atoms with van der Waals surface area (Å²) in [5.41, 5.74) is 1.24. The van der Waals surface area contributed by atoms with Crippen LogP contribution >= 0.6 is 0 Å². The Labute approximate surface area is 138 Å². The predicted octanol–water partition coefficient (Wildman–Crippen LogP) is 4.44. The topological polar surface area (TPSA) is 92.5 Å². The Balaban J connectivity index is 0.00000108. The van der Waals surface area contributed by atoms with Crippen molar-refractivity contribution in [3.63, 3.8) is 0 Å². The molecule has 131 valence electrons. The molecule has 0 saturated carbocycles. The number of aryl methyl sites for hydroxylation is 1. The van der Waals surface area contributed by atoms with Gasteiger partial charge in [0.2, 0.25) is 0 Å². The van der Waals surface area contributed by atoms with Gasteiger partial charge in [-0.25, -0.2) is 5.11 Å². The molecule has 0 saturated heterocycles. The molecule has 1 N–H and O–H groups in total. The van der Waals surface area contributed by atoms with Gasteiger partial charge in [-0.15, -0.1) is 10.1 Å². The quantitative estimate of drug-likeness (QED) is 0.369. The second-order valence-corrected chi connectivity index (χ2v) is 5.27. The van der Waals surface area contributed by atoms with E-state index in [1.54, 1.807) is 0 Å². The number of ether oxygens (including phenoxy) is 1. The van der Waals surface area contributed by atoms with Crippen molar-refractivity contribution in [1.82, 2.24) is 0 Å². The van der Waals surface area contributed by atoms with Gasteiger partial charge in [0.05, 0.1) is 0 Å². The highest BCUT2D eigenvalue weighted by molar-refractivity contribution is 5.33. The summed E-state index contributed by atoms with van der Waals surface area (Å²) in [5.74, 6) is 0.893. The van der Waals surface area contributed by atoms with Crippen molar-refractivity contribution in [3.05, 3.63) is 39.9 Å². The first-order valence-electron chi connectivity index (χ1n) is 8.23. The lowest BCUT2D eigenvalue weighted by atomic mass is 10.0. The molecule has 0 fully saturated rings. The van der Waals surface area contributed by atoms with Gasteiger partial charge in [0, 0.05) is 0 Å². The number of hydrogen-bond donors (Lipinski definition) is 1. The lowest BCUT2D eigenvalue weighted by Gasteiger charge is -2.10. The summed E-state index contributed by atoms with van der Waals surface area (Å²) in [5, 5.41) is 24.1. The van der Waals surface area contributed by atoms with E-state index in [2.05, 4.69) is 13.0 Å². The van der Waals surface area contributed by atoms with Gasteiger partial charge in [-0.05, 0) is 24.5 Å². The fraction of sp³-hybridized carbons (Fsp3) is 0.647. The predicted molar refractivity (Wildman–Crippen MR) is 88.0 cm³/mol. The van der Waals surface area contributed by atoms with Crippen LogP contribution in [-0.2, 0) is 11.5 Å². The Bertz CT molecular complexity index is 408. The van der Waals surface area contributed by atoms with E-state index in [-0.39, 0.29) is 13.2 Å². The second kappa shape index (κ2) is 15.1. The van der Waals surface area contributed by atoms with E-state index in [1.807, 2.05) is 18.2 Å². The van der Waals surface area contributed by atoms with E-state index in [9.17, 15) is 5.11 Å². The molecule has 6 heteroatoms. The zero-order chi connectivity index (χ0) is 17.3. The second-order valence-electron chi connectivity index (χ2n) is 5.27. The molecule has 0 heterocycles. The summed E-state index contributed by atoms with van der Waals surface area (Å²) in [7, 11) is 0. The van der Waals surface area contributed by atoms with Crippen LogP contribution in [0.4, 0.5) is 0 Å². The van der Waals surface area contributed by atoms with Crippen molar-refractivity contribution < 1.29 is 20.1 Å². The molecular weight excluding hydrogens is 298 g/mol. The van der Waals surface area contributed by atoms with Crippen molar-refractivity contribution in [2.75, 3.05) is 13.2 Å². The molecule has 1 aromatic rings. The first-order valence-corrected chi connectivity index (χ1v) is 8.23. The van der Waals surface area contributed by atoms with E-state index in [4.69, 9.17) is 20.1 Å². The molecule has 23 heavy (non-hydrogen) atoms. The van der Waals surface area contributed by atoms with E-state index in [0.717, 1.165) is 12.2 Å². The largest absolute Gasteiger partial charge is 0.491 e. The average Bonchev–Trinajstić information content (AvgIpc) is 2.52. The molecule has 0 bridgehead atoms. The molecule has 0 unspecified atom stereocenters. The first-order chi connectivity index (χ1) is 11.1. The van der Waals surface area contributed by atoms with Crippen LogP contribution in [0, 0.1) is 10.1 Å². The van der Waals surface area contributed by atoms with Crippen molar-refractivity contribution in [2.45, 2.75) is 58.3 Å². The standard InChI is InChI=1S/C17H27O2.HNO3/c1-2-3-4-5-6-7-8-11-16-12-9-10-13-17(16)19-15-14-18;2-1(3)4/h9-10,12-13H,2-8,11,14-15H2,1H3;(H,2,3,4). The lowest BCUT2D eigenvalue weighted by Crippen LogP contribution is -2.03. The number of nitrogens with zero attached hydrogens (tertiary/aromatic N) is 1. The van der Waals surface area contributed by atoms with E-state index in [1.165, 1.54) is 50.5 Å². The maximum absolute atomic E-state index is 10.5. The third-order valence-electron chi connectivity index (χ3n) is 3.36. The number of rotatable bonds is 11. The van der Waals surface area contributed by atoms with Gasteiger partial charge in [0.25, 0.3) is 5.09 Å². The number of hydrogen-bond acceptors (Lipinski definition) is 3. The van der Waals surface area contributed by atoms with Crippen molar-refractivity contribution in [1.29, 1.82) is 0 Å². The Hall–Kier alpha value is -1.82. The van der Waals surface area contributed by atoms with Crippen LogP contribution in [0.15, 0.2) is 24.3 Å². The van der Waals surface area contributed by atoms with Gasteiger partial charge in [0.1, 0.15) is 19.0 Å². The number of benzene rings is 1. The van der Waals surface area contributed by atoms with Gasteiger partial charge in [-0.2, -0.15) is 0 Å². The Morgan fingerprint density at radius 3 is 2.26 bits per heavy atom. The zero-order valence-electron chi connectivity index (χ0n) is 13.9. The van der Waals surface area contributed by atoms with E-state index in [0.29, 0.717) is 0 Å². The molecule has 0 spiro atoms. The summed E-state index contributed by atoms with van der Waals surface area (Å²) in [6.45, 7) is 2.35. The molecule has 6 nitrogen and oxygen atoms in total. The van der Waals surface area contributed by atoms with Gasteiger partial charge in [-0.1, -0.05) is 63.6 Å². The Morgan fingerprint density at radius 2 is 1.65 bits per heavy atom. The Kier molecular flexibility index (Phi) is 13.9. The van der Waals surface area contributed by atoms with Crippen molar-refractivity contribution in [3.8, 4) is 5.75 Å². The maximum atomic E-state index is 10.5. The summed E-state index contributed by atoms with van der Waals surface area (Å²) < 4.78 is 5.48. The van der Waals surface area contributed by atoms with Crippen LogP contribution in [0.25, 0.3) is 0 Å². The maximum Gasteiger partial charge on any atom is 0.291 e. The van der Waals surface area contributed by atoms with Gasteiger partial charge < -0.3 is 9.94 Å². The minimum atomic E-state index is -1.50. The Morgan fingerprint density at radius 1 is 1.09 bits per heavy atom. The smallest absolute Gasteiger partial charge is 0.291 e. The highest BCUT2D eigenvalue weighted by atomic mass is 16.9. The fourth-order valence-electron chi connectivity index (χ4n) is 2.28. The van der Waals surface area contributed by atoms with Crippen molar-refractivity contribution >= 4 is 0 Å². The fourth-order valence-corrected chi connectivity index (χ4v) is 2.28. The molecule has 0 aliphatic heterocycles. The monoisotopic (exact) mass is 326 g/mol. The molecular formula is C17H28NO5. The minimum Gasteiger partial charge on any atom is -0.491 e. The molecule has 1 radical (unpaired) electrons.